The van der Waals surface area contributed by atoms with Gasteiger partial charge in [-0.15, -0.1) is 0 Å². The molecule has 114 valence electrons. The van der Waals surface area contributed by atoms with Crippen LogP contribution < -0.4 is 5.32 Å². The van der Waals surface area contributed by atoms with E-state index in [1.54, 1.807) is 0 Å². The van der Waals surface area contributed by atoms with Crippen molar-refractivity contribution in [1.82, 2.24) is 10.2 Å². The van der Waals surface area contributed by atoms with Crippen LogP contribution in [0.5, 0.6) is 0 Å². The second kappa shape index (κ2) is 6.57. The van der Waals surface area contributed by atoms with Crippen LogP contribution in [-0.4, -0.2) is 48.1 Å². The molecule has 0 aromatic rings. The molecule has 1 amide bonds. The molecule has 0 bridgehead atoms. The van der Waals surface area contributed by atoms with Crippen LogP contribution >= 0.6 is 0 Å². The van der Waals surface area contributed by atoms with Crippen LogP contribution in [0.4, 0.5) is 0 Å². The van der Waals surface area contributed by atoms with Crippen molar-refractivity contribution >= 4 is 11.9 Å². The van der Waals surface area contributed by atoms with Gasteiger partial charge in [0.25, 0.3) is 0 Å². The maximum absolute atomic E-state index is 12.7. The summed E-state index contributed by atoms with van der Waals surface area (Å²) in [5.41, 5.74) is 0. The normalized spacial score (nSPS) is 31.2. The number of nitrogens with one attached hydrogen (secondary N) is 1. The molecule has 0 aromatic heterocycles. The topological polar surface area (TPSA) is 69.6 Å². The number of carbonyl (C=O) groups is 2. The Morgan fingerprint density at radius 1 is 1.20 bits per heavy atom. The average Bonchev–Trinajstić information content (AvgIpc) is 2.91. The first-order valence-corrected chi connectivity index (χ1v) is 7.74. The van der Waals surface area contributed by atoms with Crippen LogP contribution in [0.1, 0.15) is 39.0 Å². The van der Waals surface area contributed by atoms with E-state index in [1.165, 1.54) is 0 Å². The van der Waals surface area contributed by atoms with Gasteiger partial charge in [-0.3, -0.25) is 9.59 Å². The minimum Gasteiger partial charge on any atom is -0.481 e. The van der Waals surface area contributed by atoms with E-state index < -0.39 is 11.9 Å². The zero-order valence-electron chi connectivity index (χ0n) is 12.5. The van der Waals surface area contributed by atoms with Gasteiger partial charge in [0, 0.05) is 13.1 Å². The predicted molar refractivity (Wildman–Crippen MR) is 76.3 cm³/mol. The van der Waals surface area contributed by atoms with E-state index in [4.69, 9.17) is 0 Å². The number of nitrogens with zero attached hydrogens (tertiary/aromatic N) is 1. The van der Waals surface area contributed by atoms with Crippen molar-refractivity contribution in [3.05, 3.63) is 0 Å². The molecule has 1 aliphatic carbocycles. The van der Waals surface area contributed by atoms with Gasteiger partial charge >= 0.3 is 5.97 Å². The largest absolute Gasteiger partial charge is 0.481 e. The third-order valence-electron chi connectivity index (χ3n) is 5.08. The number of hydrogen-bond donors (Lipinski definition) is 2. The first-order chi connectivity index (χ1) is 9.54. The molecule has 2 aliphatic rings. The molecular weight excluding hydrogens is 256 g/mol. The Kier molecular flexibility index (Phi) is 5.02. The second-order valence-corrected chi connectivity index (χ2v) is 6.23. The fourth-order valence-corrected chi connectivity index (χ4v) is 3.66. The summed E-state index contributed by atoms with van der Waals surface area (Å²) in [6, 6.07) is 0.263. The fourth-order valence-electron chi connectivity index (χ4n) is 3.66. The first kappa shape index (κ1) is 15.3. The Morgan fingerprint density at radius 3 is 2.35 bits per heavy atom. The highest BCUT2D eigenvalue weighted by molar-refractivity contribution is 5.85. The molecule has 2 rings (SSSR count). The summed E-state index contributed by atoms with van der Waals surface area (Å²) in [7, 11) is 1.84. The van der Waals surface area contributed by atoms with Gasteiger partial charge in [-0.25, -0.2) is 0 Å². The number of amides is 1. The Balaban J connectivity index is 2.03. The lowest BCUT2D eigenvalue weighted by Crippen LogP contribution is -2.47. The molecule has 1 heterocycles. The smallest absolute Gasteiger partial charge is 0.307 e. The minimum absolute atomic E-state index is 0.0419. The molecular formula is C15H26N2O3. The number of carboxylic acids is 1. The maximum Gasteiger partial charge on any atom is 0.307 e. The number of piperidine rings is 1. The monoisotopic (exact) mass is 282 g/mol. The molecule has 2 fully saturated rings. The molecule has 0 radical (unpaired) electrons. The van der Waals surface area contributed by atoms with Crippen LogP contribution in [0.25, 0.3) is 0 Å². The van der Waals surface area contributed by atoms with E-state index in [-0.39, 0.29) is 17.9 Å². The third kappa shape index (κ3) is 3.14. The number of carboxylic acid groups (broad SMARTS) is 1. The standard InChI is InChI=1S/C15H26N2O3/c1-3-10-8-12(13(9-10)15(19)20)14(18)17(2)11-4-6-16-7-5-11/h10-13,16H,3-9H2,1-2H3,(H,19,20). The van der Waals surface area contributed by atoms with E-state index in [0.717, 1.165) is 38.8 Å². The third-order valence-corrected chi connectivity index (χ3v) is 5.08. The summed E-state index contributed by atoms with van der Waals surface area (Å²) in [6.07, 6.45) is 4.28. The number of aliphatic carboxylic acids is 1. The van der Waals surface area contributed by atoms with Gasteiger partial charge in [-0.2, -0.15) is 0 Å². The van der Waals surface area contributed by atoms with Crippen LogP contribution in [0.2, 0.25) is 0 Å². The molecule has 1 saturated heterocycles. The van der Waals surface area contributed by atoms with Gasteiger partial charge in [0.05, 0.1) is 11.8 Å². The number of rotatable bonds is 4. The number of hydrogen-bond acceptors (Lipinski definition) is 3. The van der Waals surface area contributed by atoms with Crippen molar-refractivity contribution in [1.29, 1.82) is 0 Å². The molecule has 5 heteroatoms. The van der Waals surface area contributed by atoms with Gasteiger partial charge in [-0.05, 0) is 44.7 Å². The van der Waals surface area contributed by atoms with Crippen LogP contribution in [0.3, 0.4) is 0 Å². The predicted octanol–water partition coefficient (Wildman–Crippen LogP) is 1.33. The highest BCUT2D eigenvalue weighted by atomic mass is 16.4. The zero-order chi connectivity index (χ0) is 14.7. The van der Waals surface area contributed by atoms with Crippen molar-refractivity contribution in [2.45, 2.75) is 45.1 Å². The average molecular weight is 282 g/mol. The minimum atomic E-state index is -0.807. The molecule has 3 atom stereocenters. The summed E-state index contributed by atoms with van der Waals surface area (Å²) in [4.78, 5) is 25.9. The van der Waals surface area contributed by atoms with Gasteiger partial charge in [0.1, 0.15) is 0 Å². The highest BCUT2D eigenvalue weighted by Crippen LogP contribution is 2.39. The Hall–Kier alpha value is -1.10. The summed E-state index contributed by atoms with van der Waals surface area (Å²) in [5.74, 6) is -1.20. The Morgan fingerprint density at radius 2 is 1.80 bits per heavy atom. The van der Waals surface area contributed by atoms with E-state index in [2.05, 4.69) is 12.2 Å². The molecule has 5 nitrogen and oxygen atoms in total. The molecule has 2 N–H and O–H groups in total. The van der Waals surface area contributed by atoms with Crippen molar-refractivity contribution in [2.75, 3.05) is 20.1 Å². The Labute approximate surface area is 120 Å². The van der Waals surface area contributed by atoms with Gasteiger partial charge in [0.2, 0.25) is 5.91 Å². The summed E-state index contributed by atoms with van der Waals surface area (Å²) in [5, 5.41) is 12.6. The lowest BCUT2D eigenvalue weighted by atomic mass is 9.93. The molecule has 0 spiro atoms. The molecule has 20 heavy (non-hydrogen) atoms. The SMILES string of the molecule is CCC1CC(C(=O)O)C(C(=O)N(C)C2CCNCC2)C1. The van der Waals surface area contributed by atoms with E-state index in [0.29, 0.717) is 12.3 Å². The maximum atomic E-state index is 12.7. The lowest BCUT2D eigenvalue weighted by molar-refractivity contribution is -0.149. The van der Waals surface area contributed by atoms with E-state index in [9.17, 15) is 14.7 Å². The van der Waals surface area contributed by atoms with Crippen LogP contribution in [0.15, 0.2) is 0 Å². The summed E-state index contributed by atoms with van der Waals surface area (Å²) < 4.78 is 0. The quantitative estimate of drug-likeness (QED) is 0.816. The Bertz CT molecular complexity index is 366. The fraction of sp³-hybridized carbons (Fsp3) is 0.867. The van der Waals surface area contributed by atoms with Gasteiger partial charge in [0.15, 0.2) is 0 Å². The van der Waals surface area contributed by atoms with E-state index in [1.807, 2.05) is 11.9 Å². The van der Waals surface area contributed by atoms with Crippen molar-refractivity contribution in [3.8, 4) is 0 Å². The summed E-state index contributed by atoms with van der Waals surface area (Å²) in [6.45, 7) is 3.95. The number of carbonyl (C=O) groups excluding carboxylic acids is 1. The molecule has 0 aromatic carbocycles. The van der Waals surface area contributed by atoms with Crippen molar-refractivity contribution in [3.63, 3.8) is 0 Å². The van der Waals surface area contributed by atoms with E-state index >= 15 is 0 Å². The van der Waals surface area contributed by atoms with Crippen LogP contribution in [-0.2, 0) is 9.59 Å². The van der Waals surface area contributed by atoms with Crippen LogP contribution in [0, 0.1) is 17.8 Å². The highest BCUT2D eigenvalue weighted by Gasteiger charge is 2.43. The van der Waals surface area contributed by atoms with Crippen molar-refractivity contribution < 1.29 is 14.7 Å². The van der Waals surface area contributed by atoms with Gasteiger partial charge < -0.3 is 15.3 Å². The van der Waals surface area contributed by atoms with Gasteiger partial charge in [-0.1, -0.05) is 13.3 Å². The van der Waals surface area contributed by atoms with Crippen molar-refractivity contribution in [2.24, 2.45) is 17.8 Å². The zero-order valence-corrected chi connectivity index (χ0v) is 12.5. The molecule has 1 aliphatic heterocycles. The first-order valence-electron chi connectivity index (χ1n) is 7.74. The molecule has 1 saturated carbocycles. The summed E-state index contributed by atoms with van der Waals surface area (Å²) >= 11 is 0. The lowest BCUT2D eigenvalue weighted by Gasteiger charge is -2.34. The second-order valence-electron chi connectivity index (χ2n) is 6.23. The molecule has 3 unspecified atom stereocenters.